The van der Waals surface area contributed by atoms with E-state index in [1.807, 2.05) is 11.5 Å². The van der Waals surface area contributed by atoms with E-state index < -0.39 is 9.85 Å². The Morgan fingerprint density at radius 3 is 2.48 bits per heavy atom. The van der Waals surface area contributed by atoms with Gasteiger partial charge in [-0.3, -0.25) is 25.0 Å². The first-order chi connectivity index (χ1) is 13.9. The van der Waals surface area contributed by atoms with Gasteiger partial charge in [-0.15, -0.1) is 0 Å². The molecule has 4 aromatic rings. The number of hydrogen-bond acceptors (Lipinski definition) is 6. The van der Waals surface area contributed by atoms with Crippen molar-refractivity contribution in [2.75, 3.05) is 0 Å². The van der Waals surface area contributed by atoms with Crippen LogP contribution in [0.1, 0.15) is 6.92 Å². The molecule has 0 amide bonds. The van der Waals surface area contributed by atoms with E-state index in [9.17, 15) is 25.0 Å². The average molecular weight is 390 g/mol. The number of benzene rings is 2. The number of aromatic nitrogens is 2. The van der Waals surface area contributed by atoms with Gasteiger partial charge in [-0.2, -0.15) is 0 Å². The fraction of sp³-hybridized carbons (Fsp3) is 0.100. The third-order valence-corrected chi connectivity index (χ3v) is 4.80. The maximum Gasteiger partial charge on any atom is 0.278 e. The normalized spacial score (nSPS) is 11.1. The van der Waals surface area contributed by atoms with Gasteiger partial charge in [-0.1, -0.05) is 6.07 Å². The van der Waals surface area contributed by atoms with Crippen LogP contribution in [0.3, 0.4) is 0 Å². The van der Waals surface area contributed by atoms with Gasteiger partial charge in [0.2, 0.25) is 0 Å². The van der Waals surface area contributed by atoms with Crippen LogP contribution in [-0.2, 0) is 6.54 Å². The summed E-state index contributed by atoms with van der Waals surface area (Å²) >= 11 is 0. The fourth-order valence-electron chi connectivity index (χ4n) is 3.39. The van der Waals surface area contributed by atoms with Gasteiger partial charge in [0.05, 0.1) is 42.9 Å². The summed E-state index contributed by atoms with van der Waals surface area (Å²) in [4.78, 5) is 38.8. The smallest absolute Gasteiger partial charge is 0.278 e. The van der Waals surface area contributed by atoms with Crippen LogP contribution in [0.5, 0.6) is 0 Å². The molecule has 0 aliphatic heterocycles. The quantitative estimate of drug-likeness (QED) is 0.383. The van der Waals surface area contributed by atoms with E-state index in [0.29, 0.717) is 28.7 Å². The molecule has 0 radical (unpaired) electrons. The Hall–Kier alpha value is -4.14. The van der Waals surface area contributed by atoms with Crippen molar-refractivity contribution >= 4 is 33.2 Å². The number of nitrogens with zero attached hydrogens (tertiary/aromatic N) is 4. The summed E-state index contributed by atoms with van der Waals surface area (Å²) in [6.45, 7) is 2.44. The van der Waals surface area contributed by atoms with Gasteiger partial charge in [0, 0.05) is 30.9 Å². The minimum atomic E-state index is -0.546. The lowest BCUT2D eigenvalue weighted by Crippen LogP contribution is -2.12. The molecule has 144 valence electrons. The van der Waals surface area contributed by atoms with E-state index in [4.69, 9.17) is 0 Å². The largest absolute Gasteiger partial charge is 0.347 e. The van der Waals surface area contributed by atoms with Gasteiger partial charge < -0.3 is 4.57 Å². The zero-order valence-corrected chi connectivity index (χ0v) is 15.2. The Balaban J connectivity index is 2.00. The van der Waals surface area contributed by atoms with E-state index in [1.165, 1.54) is 24.3 Å². The van der Waals surface area contributed by atoms with Gasteiger partial charge in [0.15, 0.2) is 5.43 Å². The molecule has 0 spiro atoms. The Bertz CT molecular complexity index is 1380. The molecule has 9 nitrogen and oxygen atoms in total. The Morgan fingerprint density at radius 1 is 1.00 bits per heavy atom. The molecule has 2 aromatic carbocycles. The average Bonchev–Trinajstić information content (AvgIpc) is 2.72. The zero-order chi connectivity index (χ0) is 20.7. The van der Waals surface area contributed by atoms with Crippen molar-refractivity contribution in [3.8, 4) is 11.3 Å². The number of nitro groups is 2. The first kappa shape index (κ1) is 18.2. The predicted octanol–water partition coefficient (Wildman–Crippen LogP) is 4.05. The molecular weight excluding hydrogens is 376 g/mol. The van der Waals surface area contributed by atoms with E-state index in [2.05, 4.69) is 4.98 Å². The van der Waals surface area contributed by atoms with Crippen LogP contribution in [0.4, 0.5) is 11.4 Å². The van der Waals surface area contributed by atoms with Crippen LogP contribution in [0, 0.1) is 20.2 Å². The topological polar surface area (TPSA) is 121 Å². The number of fused-ring (bicyclic) bond motifs is 2. The highest BCUT2D eigenvalue weighted by molar-refractivity contribution is 5.91. The second-order valence-electron chi connectivity index (χ2n) is 6.41. The van der Waals surface area contributed by atoms with Crippen LogP contribution in [0.2, 0.25) is 0 Å². The Kier molecular flexibility index (Phi) is 4.27. The highest BCUT2D eigenvalue weighted by Crippen LogP contribution is 2.28. The van der Waals surface area contributed by atoms with Gasteiger partial charge in [0.25, 0.3) is 11.4 Å². The summed E-state index contributed by atoms with van der Waals surface area (Å²) in [5.74, 6) is 0. The SMILES string of the molecule is CCn1cc(-c2ccc3c([N+](=O)[O-])cccc3n2)c(=O)c2cc([N+](=O)[O-])ccc21. The van der Waals surface area contributed by atoms with Crippen molar-refractivity contribution in [3.05, 3.63) is 85.2 Å². The lowest BCUT2D eigenvalue weighted by Gasteiger charge is -2.12. The van der Waals surface area contributed by atoms with E-state index in [0.717, 1.165) is 0 Å². The van der Waals surface area contributed by atoms with Crippen molar-refractivity contribution in [1.82, 2.24) is 9.55 Å². The number of nitro benzene ring substituents is 2. The molecule has 2 heterocycles. The van der Waals surface area contributed by atoms with Gasteiger partial charge >= 0.3 is 0 Å². The number of non-ortho nitro benzene ring substituents is 2. The molecule has 0 atom stereocenters. The van der Waals surface area contributed by atoms with Gasteiger partial charge in [0.1, 0.15) is 0 Å². The van der Waals surface area contributed by atoms with E-state index in [1.54, 1.807) is 30.5 Å². The molecule has 9 heteroatoms. The monoisotopic (exact) mass is 390 g/mol. The van der Waals surface area contributed by atoms with Crippen molar-refractivity contribution in [1.29, 1.82) is 0 Å². The van der Waals surface area contributed by atoms with Crippen LogP contribution >= 0.6 is 0 Å². The van der Waals surface area contributed by atoms with Crippen molar-refractivity contribution in [3.63, 3.8) is 0 Å². The maximum atomic E-state index is 13.1. The standard InChI is InChI=1S/C20H14N4O5/c1-2-22-11-15(20(25)14-10-12(23(26)27)6-9-18(14)22)17-8-7-13-16(21-17)4-3-5-19(13)24(28)29/h3-11H,2H2,1H3. The first-order valence-corrected chi connectivity index (χ1v) is 8.77. The molecule has 29 heavy (non-hydrogen) atoms. The summed E-state index contributed by atoms with van der Waals surface area (Å²) in [6.07, 6.45) is 1.65. The molecule has 0 N–H and O–H groups in total. The van der Waals surface area contributed by atoms with Gasteiger partial charge in [-0.25, -0.2) is 4.98 Å². The fourth-order valence-corrected chi connectivity index (χ4v) is 3.39. The molecule has 0 saturated carbocycles. The molecule has 0 aliphatic rings. The van der Waals surface area contributed by atoms with Crippen molar-refractivity contribution < 1.29 is 9.85 Å². The minimum Gasteiger partial charge on any atom is -0.347 e. The number of aryl methyl sites for hydroxylation is 1. The molecule has 2 aromatic heterocycles. The van der Waals surface area contributed by atoms with Crippen LogP contribution < -0.4 is 5.43 Å². The molecule has 0 saturated heterocycles. The molecule has 0 fully saturated rings. The molecule has 4 rings (SSSR count). The van der Waals surface area contributed by atoms with E-state index in [-0.39, 0.29) is 27.8 Å². The zero-order valence-electron chi connectivity index (χ0n) is 15.2. The number of pyridine rings is 2. The second kappa shape index (κ2) is 6.79. The highest BCUT2D eigenvalue weighted by Gasteiger charge is 2.17. The summed E-state index contributed by atoms with van der Waals surface area (Å²) in [5.41, 5.74) is 0.970. The molecule has 0 bridgehead atoms. The third kappa shape index (κ3) is 2.98. The number of hydrogen-bond donors (Lipinski definition) is 0. The summed E-state index contributed by atoms with van der Waals surface area (Å²) in [7, 11) is 0. The Labute approximate surface area is 163 Å². The van der Waals surface area contributed by atoms with Crippen LogP contribution in [-0.4, -0.2) is 19.4 Å². The molecule has 0 aliphatic carbocycles. The lowest BCUT2D eigenvalue weighted by atomic mass is 10.1. The second-order valence-corrected chi connectivity index (χ2v) is 6.41. The summed E-state index contributed by atoms with van der Waals surface area (Å²) < 4.78 is 1.81. The first-order valence-electron chi connectivity index (χ1n) is 8.77. The number of rotatable bonds is 4. The predicted molar refractivity (Wildman–Crippen MR) is 108 cm³/mol. The molecule has 0 unspecified atom stereocenters. The van der Waals surface area contributed by atoms with Crippen molar-refractivity contribution in [2.45, 2.75) is 13.5 Å². The van der Waals surface area contributed by atoms with Crippen LogP contribution in [0.25, 0.3) is 33.1 Å². The molecular formula is C20H14N4O5. The Morgan fingerprint density at radius 2 is 1.79 bits per heavy atom. The maximum absolute atomic E-state index is 13.1. The van der Waals surface area contributed by atoms with Crippen molar-refractivity contribution in [2.24, 2.45) is 0 Å². The highest BCUT2D eigenvalue weighted by atomic mass is 16.6. The van der Waals surface area contributed by atoms with E-state index >= 15 is 0 Å². The van der Waals surface area contributed by atoms with Gasteiger partial charge in [-0.05, 0) is 31.2 Å². The third-order valence-electron chi connectivity index (χ3n) is 4.80. The van der Waals surface area contributed by atoms with Crippen LogP contribution in [0.15, 0.2) is 59.5 Å². The minimum absolute atomic E-state index is 0.0679. The summed E-state index contributed by atoms with van der Waals surface area (Å²) in [5, 5.41) is 22.9. The lowest BCUT2D eigenvalue weighted by molar-refractivity contribution is -0.384. The summed E-state index contributed by atoms with van der Waals surface area (Å²) in [6, 6.07) is 11.8.